The SMILES string of the molecule is C#CCCN(O)C(CC(C)O)CC(C)CCC.CC.CC.COC1C[C@@H](C)C(=O)C(C)C(=O)OC[C@@](C)(O)C(O)C(C)C(=O)[C@H](C)C1. The van der Waals surface area contributed by atoms with E-state index < -0.39 is 54.1 Å². The molecule has 10 atom stereocenters. The molecule has 10 heteroatoms. The predicted octanol–water partition coefficient (Wildman–Crippen LogP) is 5.85. The zero-order chi connectivity index (χ0) is 37.5. The number of nitrogens with zero attached hydrogens (tertiary/aromatic N) is 1. The minimum atomic E-state index is -1.80. The third-order valence-corrected chi connectivity index (χ3v) is 8.36. The molecule has 0 aromatic heterocycles. The number of hydrogen-bond donors (Lipinski definition) is 4. The number of carbonyl (C=O) groups excluding carboxylic acids is 3. The Morgan fingerprint density at radius 2 is 1.53 bits per heavy atom. The Morgan fingerprint density at radius 3 is 1.98 bits per heavy atom. The lowest BCUT2D eigenvalue weighted by Crippen LogP contribution is -2.50. The first kappa shape index (κ1) is 49.5. The molecule has 47 heavy (non-hydrogen) atoms. The fourth-order valence-corrected chi connectivity index (χ4v) is 5.59. The quantitative estimate of drug-likeness (QED) is 0.0961. The summed E-state index contributed by atoms with van der Waals surface area (Å²) in [5.41, 5.74) is -1.80. The van der Waals surface area contributed by atoms with Crippen LogP contribution in [0.1, 0.15) is 128 Å². The Kier molecular flexibility index (Phi) is 28.5. The van der Waals surface area contributed by atoms with Gasteiger partial charge in [0.1, 0.15) is 29.7 Å². The van der Waals surface area contributed by atoms with E-state index in [4.69, 9.17) is 15.9 Å². The van der Waals surface area contributed by atoms with Gasteiger partial charge in [-0.3, -0.25) is 14.4 Å². The Balaban J connectivity index is -0.000000799. The number of aliphatic hydroxyl groups is 3. The van der Waals surface area contributed by atoms with Crippen molar-refractivity contribution in [3.05, 3.63) is 0 Å². The van der Waals surface area contributed by atoms with E-state index in [2.05, 4.69) is 19.8 Å². The second-order valence-electron chi connectivity index (χ2n) is 12.8. The van der Waals surface area contributed by atoms with Crippen molar-refractivity contribution in [2.45, 2.75) is 158 Å². The third kappa shape index (κ3) is 19.7. The molecule has 0 spiro atoms. The van der Waals surface area contributed by atoms with E-state index in [1.165, 1.54) is 26.0 Å². The first-order chi connectivity index (χ1) is 21.9. The van der Waals surface area contributed by atoms with Crippen LogP contribution in [-0.2, 0) is 23.9 Å². The highest BCUT2D eigenvalue weighted by molar-refractivity contribution is 5.99. The van der Waals surface area contributed by atoms with Gasteiger partial charge in [0.2, 0.25) is 0 Å². The van der Waals surface area contributed by atoms with E-state index >= 15 is 0 Å². The van der Waals surface area contributed by atoms with Crippen molar-refractivity contribution in [2.75, 3.05) is 20.3 Å². The van der Waals surface area contributed by atoms with Crippen molar-refractivity contribution < 1.29 is 44.4 Å². The van der Waals surface area contributed by atoms with Gasteiger partial charge in [-0.1, -0.05) is 75.2 Å². The van der Waals surface area contributed by atoms with E-state index in [9.17, 15) is 34.9 Å². The van der Waals surface area contributed by atoms with Gasteiger partial charge in [-0.05, 0) is 52.4 Å². The summed E-state index contributed by atoms with van der Waals surface area (Å²) in [5, 5.41) is 41.6. The van der Waals surface area contributed by atoms with Gasteiger partial charge in [0.05, 0.1) is 18.3 Å². The maximum Gasteiger partial charge on any atom is 0.316 e. The van der Waals surface area contributed by atoms with Gasteiger partial charge in [0, 0.05) is 43.9 Å². The first-order valence-corrected chi connectivity index (χ1v) is 17.7. The number of ether oxygens (including phenoxy) is 2. The van der Waals surface area contributed by atoms with Gasteiger partial charge in [0.15, 0.2) is 0 Å². The summed E-state index contributed by atoms with van der Waals surface area (Å²) in [6.45, 7) is 21.9. The number of terminal acetylenes is 1. The van der Waals surface area contributed by atoms with Gasteiger partial charge in [-0.2, -0.15) is 5.06 Å². The summed E-state index contributed by atoms with van der Waals surface area (Å²) in [6, 6.07) is 0.00454. The lowest BCUT2D eigenvalue weighted by molar-refractivity contribution is -0.169. The zero-order valence-electron chi connectivity index (χ0n) is 31.9. The van der Waals surface area contributed by atoms with Gasteiger partial charge in [0.25, 0.3) is 0 Å². The average Bonchev–Trinajstić information content (AvgIpc) is 3.05. The Bertz CT molecular complexity index is 886. The number of esters is 1. The number of hydroxylamine groups is 2. The number of Topliss-reactive ketones (excluding diaryl/α,β-unsaturated/α-hetero) is 2. The van der Waals surface area contributed by atoms with Crippen molar-refractivity contribution >= 4 is 17.5 Å². The molecule has 1 aliphatic heterocycles. The predicted molar refractivity (Wildman–Crippen MR) is 188 cm³/mol. The molecule has 1 fully saturated rings. The number of ketones is 2. The highest BCUT2D eigenvalue weighted by atomic mass is 16.5. The maximum atomic E-state index is 12.6. The molecular formula is C37H71NO9. The molecule has 0 aromatic rings. The fraction of sp³-hybridized carbons (Fsp3) is 0.865. The van der Waals surface area contributed by atoms with Crippen LogP contribution in [0.2, 0.25) is 0 Å². The second-order valence-corrected chi connectivity index (χ2v) is 12.8. The Labute approximate surface area is 286 Å². The van der Waals surface area contributed by atoms with Gasteiger partial charge in [-0.15, -0.1) is 12.3 Å². The Morgan fingerprint density at radius 1 is 1.02 bits per heavy atom. The van der Waals surface area contributed by atoms with Crippen molar-refractivity contribution in [3.63, 3.8) is 0 Å². The molecule has 0 amide bonds. The highest BCUT2D eigenvalue weighted by Crippen LogP contribution is 2.27. The number of cyclic esters (lactones) is 1. The molecule has 0 saturated carbocycles. The van der Waals surface area contributed by atoms with E-state index in [-0.39, 0.29) is 23.7 Å². The van der Waals surface area contributed by atoms with Crippen LogP contribution in [0.25, 0.3) is 0 Å². The topological polar surface area (TPSA) is 154 Å². The number of rotatable bonds is 10. The Hall–Kier alpha value is -1.87. The lowest BCUT2D eigenvalue weighted by Gasteiger charge is -2.34. The highest BCUT2D eigenvalue weighted by Gasteiger charge is 2.41. The summed E-state index contributed by atoms with van der Waals surface area (Å²) >= 11 is 0. The first-order valence-electron chi connectivity index (χ1n) is 17.7. The molecule has 0 aromatic carbocycles. The molecule has 278 valence electrons. The minimum absolute atomic E-state index is 0.00454. The third-order valence-electron chi connectivity index (χ3n) is 8.36. The molecule has 7 unspecified atom stereocenters. The van der Waals surface area contributed by atoms with Crippen LogP contribution in [0.3, 0.4) is 0 Å². The van der Waals surface area contributed by atoms with Crippen LogP contribution >= 0.6 is 0 Å². The normalized spacial score (nSPS) is 29.2. The van der Waals surface area contributed by atoms with E-state index in [1.807, 2.05) is 27.7 Å². The van der Waals surface area contributed by atoms with E-state index in [0.29, 0.717) is 38.1 Å². The zero-order valence-corrected chi connectivity index (χ0v) is 31.9. The summed E-state index contributed by atoms with van der Waals surface area (Å²) in [6.07, 6.45) is 8.18. The van der Waals surface area contributed by atoms with E-state index in [1.54, 1.807) is 27.7 Å². The number of aliphatic hydroxyl groups excluding tert-OH is 2. The molecule has 1 aliphatic rings. The molecular weight excluding hydrogens is 602 g/mol. The van der Waals surface area contributed by atoms with Crippen molar-refractivity contribution in [1.29, 1.82) is 0 Å². The number of methoxy groups -OCH3 is 1. The summed E-state index contributed by atoms with van der Waals surface area (Å²) in [5.74, 6) is -0.825. The second kappa shape index (κ2) is 27.0. The van der Waals surface area contributed by atoms with Gasteiger partial charge in [-0.25, -0.2) is 0 Å². The monoisotopic (exact) mass is 674 g/mol. The van der Waals surface area contributed by atoms with Crippen LogP contribution in [0.5, 0.6) is 0 Å². The summed E-state index contributed by atoms with van der Waals surface area (Å²) in [7, 11) is 1.52. The summed E-state index contributed by atoms with van der Waals surface area (Å²) < 4.78 is 10.5. The lowest BCUT2D eigenvalue weighted by atomic mass is 9.80. The molecule has 10 nitrogen and oxygen atoms in total. The fourth-order valence-electron chi connectivity index (χ4n) is 5.59. The molecule has 1 saturated heterocycles. The van der Waals surface area contributed by atoms with Crippen LogP contribution in [-0.4, -0.2) is 93.3 Å². The van der Waals surface area contributed by atoms with Crippen LogP contribution in [0.15, 0.2) is 0 Å². The average molecular weight is 674 g/mol. The molecule has 0 bridgehead atoms. The van der Waals surface area contributed by atoms with Gasteiger partial charge >= 0.3 is 5.97 Å². The van der Waals surface area contributed by atoms with Crippen LogP contribution in [0, 0.1) is 41.9 Å². The maximum absolute atomic E-state index is 12.6. The molecule has 0 aliphatic carbocycles. The van der Waals surface area contributed by atoms with E-state index in [0.717, 1.165) is 19.3 Å². The number of hydrogen-bond acceptors (Lipinski definition) is 10. The smallest absolute Gasteiger partial charge is 0.316 e. The molecule has 4 N–H and O–H groups in total. The summed E-state index contributed by atoms with van der Waals surface area (Å²) in [4.78, 5) is 37.3. The molecule has 0 radical (unpaired) electrons. The van der Waals surface area contributed by atoms with Crippen molar-refractivity contribution in [1.82, 2.24) is 5.06 Å². The largest absolute Gasteiger partial charge is 0.462 e. The number of carbonyl (C=O) groups is 3. The van der Waals surface area contributed by atoms with Crippen molar-refractivity contribution in [3.8, 4) is 12.3 Å². The molecule has 1 rings (SSSR count). The standard InChI is InChI=1S/C19H32O7.C14H27NO2.2C2H6/c1-10-7-14(25-6)8-11(2)16(21)13(4)18(23)26-9-19(5,24)17(22)12(3)15(10)20;1-5-7-9-15(17)14(11-13(4)16)10-12(3)8-6-2;2*1-2/h10-14,17,22,24H,7-9H2,1-6H3;1,12-14,16-17H,6-11H2,2-4H3;2*1-2H3/t10-,11-,12?,13?,14?,17?,19-;;;/m1.../s1. The van der Waals surface area contributed by atoms with Gasteiger partial charge < -0.3 is 30.0 Å². The van der Waals surface area contributed by atoms with Crippen molar-refractivity contribution in [2.24, 2.45) is 29.6 Å². The van der Waals surface area contributed by atoms with Crippen LogP contribution < -0.4 is 0 Å². The molecule has 1 heterocycles. The minimum Gasteiger partial charge on any atom is -0.462 e. The van der Waals surface area contributed by atoms with Crippen LogP contribution in [0.4, 0.5) is 0 Å².